The Hall–Kier alpha value is -3.07. The molecule has 0 bridgehead atoms. The molecule has 9 nitrogen and oxygen atoms in total. The van der Waals surface area contributed by atoms with Crippen LogP contribution in [-0.4, -0.2) is 52.9 Å². The molecule has 38 heavy (non-hydrogen) atoms. The van der Waals surface area contributed by atoms with E-state index >= 15 is 0 Å². The summed E-state index contributed by atoms with van der Waals surface area (Å²) in [4.78, 5) is 64.2. The zero-order valence-corrected chi connectivity index (χ0v) is 23.8. The smallest absolute Gasteiger partial charge is 0.233 e. The second-order valence-corrected chi connectivity index (χ2v) is 11.3. The highest BCUT2D eigenvalue weighted by Gasteiger charge is 2.40. The molecule has 3 N–H and O–H groups in total. The Kier molecular flexibility index (Phi) is 11.6. The summed E-state index contributed by atoms with van der Waals surface area (Å²) in [5.74, 6) is -2.48. The van der Waals surface area contributed by atoms with E-state index in [1.54, 1.807) is 6.92 Å². The van der Waals surface area contributed by atoms with Crippen LogP contribution in [0.15, 0.2) is 24.3 Å². The highest BCUT2D eigenvalue weighted by atomic mass is 16.2. The second-order valence-electron chi connectivity index (χ2n) is 11.3. The number of anilines is 1. The number of hydrogen-bond donors (Lipinski definition) is 3. The van der Waals surface area contributed by atoms with Gasteiger partial charge in [0.05, 0.1) is 6.04 Å². The van der Waals surface area contributed by atoms with E-state index in [4.69, 9.17) is 0 Å². The highest BCUT2D eigenvalue weighted by molar-refractivity contribution is 6.04. The van der Waals surface area contributed by atoms with Gasteiger partial charge in [0.2, 0.25) is 23.6 Å². The normalized spacial score (nSPS) is 17.3. The van der Waals surface area contributed by atoms with E-state index in [0.29, 0.717) is 11.7 Å². The molecule has 2 rings (SSSR count). The van der Waals surface area contributed by atoms with Crippen molar-refractivity contribution in [3.05, 3.63) is 29.8 Å². The fraction of sp³-hybridized carbons (Fsp3) is 0.621. The van der Waals surface area contributed by atoms with Crippen LogP contribution in [0, 0.1) is 23.7 Å². The lowest BCUT2D eigenvalue weighted by atomic mass is 9.92. The first-order chi connectivity index (χ1) is 17.8. The minimum absolute atomic E-state index is 0.00312. The average molecular weight is 529 g/mol. The first-order valence-corrected chi connectivity index (χ1v) is 13.6. The Morgan fingerprint density at radius 2 is 1.61 bits per heavy atom. The van der Waals surface area contributed by atoms with Gasteiger partial charge in [0, 0.05) is 55.9 Å². The Morgan fingerprint density at radius 3 is 2.13 bits per heavy atom. The zero-order valence-electron chi connectivity index (χ0n) is 23.8. The maximum atomic E-state index is 13.0. The highest BCUT2D eigenvalue weighted by Crippen LogP contribution is 2.26. The van der Waals surface area contributed by atoms with E-state index in [9.17, 15) is 24.0 Å². The lowest BCUT2D eigenvalue weighted by Crippen LogP contribution is -2.46. The van der Waals surface area contributed by atoms with Crippen LogP contribution in [0.1, 0.15) is 73.3 Å². The number of nitrogens with one attached hydrogen (secondary N) is 3. The van der Waals surface area contributed by atoms with Gasteiger partial charge in [-0.05, 0) is 29.5 Å². The van der Waals surface area contributed by atoms with Crippen molar-refractivity contribution >= 4 is 35.1 Å². The summed E-state index contributed by atoms with van der Waals surface area (Å²) in [6, 6.07) is 7.16. The predicted molar refractivity (Wildman–Crippen MR) is 147 cm³/mol. The van der Waals surface area contributed by atoms with E-state index in [1.165, 1.54) is 0 Å². The van der Waals surface area contributed by atoms with E-state index in [-0.39, 0.29) is 67.1 Å². The molecule has 1 aromatic rings. The molecule has 1 saturated heterocycles. The number of amides is 4. The monoisotopic (exact) mass is 528 g/mol. The Morgan fingerprint density at radius 1 is 0.974 bits per heavy atom. The molecule has 0 saturated carbocycles. The summed E-state index contributed by atoms with van der Waals surface area (Å²) < 4.78 is 0. The van der Waals surface area contributed by atoms with Crippen LogP contribution in [0.25, 0.3) is 0 Å². The molecule has 0 spiro atoms. The number of likely N-dealkylation sites (tertiary alicyclic amines) is 1. The third-order valence-corrected chi connectivity index (χ3v) is 6.87. The topological polar surface area (TPSA) is 125 Å². The minimum atomic E-state index is -0.765. The number of ketones is 1. The van der Waals surface area contributed by atoms with E-state index in [0.717, 1.165) is 17.0 Å². The van der Waals surface area contributed by atoms with Crippen LogP contribution in [0.5, 0.6) is 0 Å². The fourth-order valence-electron chi connectivity index (χ4n) is 4.36. The molecular weight excluding hydrogens is 484 g/mol. The number of carbonyl (C=O) groups is 5. The molecule has 1 aliphatic heterocycles. The van der Waals surface area contributed by atoms with Gasteiger partial charge in [-0.15, -0.1) is 0 Å². The summed E-state index contributed by atoms with van der Waals surface area (Å²) in [5, 5.41) is 8.94. The summed E-state index contributed by atoms with van der Waals surface area (Å²) >= 11 is 0. The summed E-state index contributed by atoms with van der Waals surface area (Å²) in [5.41, 5.74) is 1.76. The van der Waals surface area contributed by atoms with Crippen molar-refractivity contribution in [1.82, 2.24) is 15.5 Å². The Bertz CT molecular complexity index is 1000. The van der Waals surface area contributed by atoms with Crippen LogP contribution in [0.2, 0.25) is 0 Å². The molecule has 1 aromatic carbocycles. The van der Waals surface area contributed by atoms with Gasteiger partial charge >= 0.3 is 0 Å². The molecule has 0 aliphatic carbocycles. The van der Waals surface area contributed by atoms with E-state index in [2.05, 4.69) is 29.8 Å². The molecule has 3 atom stereocenters. The van der Waals surface area contributed by atoms with Crippen molar-refractivity contribution in [3.8, 4) is 0 Å². The molecule has 210 valence electrons. The molecule has 0 radical (unpaired) electrons. The second kappa shape index (κ2) is 14.2. The fourth-order valence-corrected chi connectivity index (χ4v) is 4.36. The number of rotatable bonds is 14. The molecule has 9 heteroatoms. The zero-order chi connectivity index (χ0) is 28.6. The van der Waals surface area contributed by atoms with Crippen molar-refractivity contribution in [1.29, 1.82) is 0 Å². The van der Waals surface area contributed by atoms with Gasteiger partial charge in [-0.1, -0.05) is 60.6 Å². The average Bonchev–Trinajstić information content (AvgIpc) is 3.13. The first-order valence-electron chi connectivity index (χ1n) is 13.6. The lowest BCUT2D eigenvalue weighted by Gasteiger charge is -2.23. The summed E-state index contributed by atoms with van der Waals surface area (Å²) in [6.07, 6.45) is 0.0761. The first kappa shape index (κ1) is 31.1. The maximum Gasteiger partial charge on any atom is 0.233 e. The third-order valence-electron chi connectivity index (χ3n) is 6.87. The Labute approximate surface area is 226 Å². The molecule has 0 aromatic heterocycles. The maximum absolute atomic E-state index is 13.0. The lowest BCUT2D eigenvalue weighted by molar-refractivity contribution is -0.140. The SMILES string of the molecule is CC(C)NCc1ccc(NC(=O)[C@H](C)CC(=O)[C@@H](NC(=O)CCN2C(=O)CC(C(C)C)C2=O)C(C)C)cc1. The van der Waals surface area contributed by atoms with E-state index in [1.807, 2.05) is 52.0 Å². The molecular formula is C29H44N4O5. The number of benzene rings is 1. The van der Waals surface area contributed by atoms with Crippen molar-refractivity contribution in [2.75, 3.05) is 11.9 Å². The summed E-state index contributed by atoms with van der Waals surface area (Å²) in [6.45, 7) is 14.0. The predicted octanol–water partition coefficient (Wildman–Crippen LogP) is 3.28. The number of Topliss-reactive ketones (excluding diaryl/α,β-unsaturated/α-hetero) is 1. The van der Waals surface area contributed by atoms with Crippen molar-refractivity contribution < 1.29 is 24.0 Å². The van der Waals surface area contributed by atoms with E-state index < -0.39 is 17.9 Å². The molecule has 4 amide bonds. The van der Waals surface area contributed by atoms with Crippen molar-refractivity contribution in [2.24, 2.45) is 23.7 Å². The van der Waals surface area contributed by atoms with Crippen LogP contribution < -0.4 is 16.0 Å². The summed E-state index contributed by atoms with van der Waals surface area (Å²) in [7, 11) is 0. The van der Waals surface area contributed by atoms with Crippen LogP contribution in [0.4, 0.5) is 5.69 Å². The van der Waals surface area contributed by atoms with Gasteiger partial charge in [0.25, 0.3) is 0 Å². The van der Waals surface area contributed by atoms with Gasteiger partial charge in [-0.25, -0.2) is 0 Å². The quantitative estimate of drug-likeness (QED) is 0.318. The van der Waals surface area contributed by atoms with Crippen molar-refractivity contribution in [2.45, 2.75) is 86.4 Å². The van der Waals surface area contributed by atoms with Gasteiger partial charge < -0.3 is 16.0 Å². The van der Waals surface area contributed by atoms with Crippen molar-refractivity contribution in [3.63, 3.8) is 0 Å². The largest absolute Gasteiger partial charge is 0.346 e. The van der Waals surface area contributed by atoms with Gasteiger partial charge in [0.15, 0.2) is 5.78 Å². The number of hydrogen-bond acceptors (Lipinski definition) is 6. The standard InChI is InChI=1S/C29H44N4O5/c1-17(2)23-15-26(36)33(29(23)38)13-12-25(35)32-27(18(3)4)24(34)14-20(7)28(37)31-22-10-8-21(9-11-22)16-30-19(5)6/h8-11,17-20,23,27,30H,12-16H2,1-7H3,(H,31,37)(H,32,35)/t20-,23?,27+/m1/s1. The molecule has 1 aliphatic rings. The number of imide groups is 1. The third kappa shape index (κ3) is 9.04. The number of carbonyl (C=O) groups excluding carboxylic acids is 5. The molecule has 1 unspecified atom stereocenters. The minimum Gasteiger partial charge on any atom is -0.346 e. The van der Waals surface area contributed by atoms with Gasteiger partial charge in [-0.2, -0.15) is 0 Å². The van der Waals surface area contributed by atoms with Crippen LogP contribution in [-0.2, 0) is 30.5 Å². The Balaban J connectivity index is 1.87. The number of nitrogens with zero attached hydrogens (tertiary/aromatic N) is 1. The van der Waals surface area contributed by atoms with Gasteiger partial charge in [0.1, 0.15) is 0 Å². The molecule has 1 fully saturated rings. The van der Waals surface area contributed by atoms with Crippen LogP contribution in [0.3, 0.4) is 0 Å². The van der Waals surface area contributed by atoms with Crippen LogP contribution >= 0.6 is 0 Å². The molecule has 1 heterocycles. The van der Waals surface area contributed by atoms with Gasteiger partial charge in [-0.3, -0.25) is 28.9 Å².